The molecule has 0 unspecified atom stereocenters. The highest BCUT2D eigenvalue weighted by molar-refractivity contribution is 9.10. The number of hydrogen-bond donors (Lipinski definition) is 1. The molecule has 1 N–H and O–H groups in total. The van der Waals surface area contributed by atoms with Gasteiger partial charge in [0.25, 0.3) is 0 Å². The molecule has 1 aromatic carbocycles. The molecule has 0 aliphatic heterocycles. The van der Waals surface area contributed by atoms with Crippen molar-refractivity contribution in [3.05, 3.63) is 34.9 Å². The van der Waals surface area contributed by atoms with Gasteiger partial charge in [-0.2, -0.15) is 0 Å². The van der Waals surface area contributed by atoms with Crippen molar-refractivity contribution in [2.45, 2.75) is 24.7 Å². The van der Waals surface area contributed by atoms with Gasteiger partial charge in [-0.1, -0.05) is 39.7 Å². The first-order chi connectivity index (χ1) is 6.89. The minimum Gasteiger partial charge on any atom is -0.351 e. The van der Waals surface area contributed by atoms with E-state index in [1.54, 1.807) is 19.9 Å². The predicted molar refractivity (Wildman–Crippen MR) is 66.3 cm³/mol. The monoisotopic (exact) mass is 289 g/mol. The van der Waals surface area contributed by atoms with Crippen LogP contribution in [-0.4, -0.2) is 10.2 Å². The maximum atomic E-state index is 11.5. The van der Waals surface area contributed by atoms with Crippen molar-refractivity contribution in [1.82, 2.24) is 5.32 Å². The Hall–Kier alpha value is -0.540. The van der Waals surface area contributed by atoms with E-state index in [0.717, 1.165) is 5.56 Å². The number of rotatable bonds is 3. The highest BCUT2D eigenvalue weighted by Crippen LogP contribution is 2.16. The number of halogens is 2. The quantitative estimate of drug-likeness (QED) is 0.852. The molecule has 0 fully saturated rings. The van der Waals surface area contributed by atoms with E-state index in [9.17, 15) is 4.79 Å². The summed E-state index contributed by atoms with van der Waals surface area (Å²) in [4.78, 5) is 11.5. The Morgan fingerprint density at radius 1 is 1.53 bits per heavy atom. The van der Waals surface area contributed by atoms with Crippen molar-refractivity contribution in [3.8, 4) is 0 Å². The van der Waals surface area contributed by atoms with E-state index in [4.69, 9.17) is 11.6 Å². The van der Waals surface area contributed by atoms with Gasteiger partial charge in [-0.15, -0.1) is 0 Å². The average Bonchev–Trinajstić information content (AvgIpc) is 2.12. The van der Waals surface area contributed by atoms with Crippen LogP contribution >= 0.6 is 27.5 Å². The highest BCUT2D eigenvalue weighted by Gasteiger charge is 2.22. The molecule has 0 atom stereocenters. The van der Waals surface area contributed by atoms with Crippen LogP contribution in [0.15, 0.2) is 24.3 Å². The third kappa shape index (κ3) is 4.22. The fourth-order valence-electron chi connectivity index (χ4n) is 1.04. The fraction of sp³-hybridized carbons (Fsp3) is 0.364. The maximum Gasteiger partial charge on any atom is 0.236 e. The summed E-state index contributed by atoms with van der Waals surface area (Å²) in [5.41, 5.74) is 0.993. The molecule has 0 heterocycles. The fourth-order valence-corrected chi connectivity index (χ4v) is 1.39. The molecule has 1 aromatic rings. The third-order valence-electron chi connectivity index (χ3n) is 1.88. The standard InChI is InChI=1S/C11H13BrClNO/c1-11(2,12)10(15)14-7-8-4-3-5-9(13)6-8/h3-6H,7H2,1-2H3,(H,14,15). The summed E-state index contributed by atoms with van der Waals surface area (Å²) >= 11 is 9.12. The Labute approximate surface area is 103 Å². The van der Waals surface area contributed by atoms with Gasteiger partial charge in [-0.25, -0.2) is 0 Å². The van der Waals surface area contributed by atoms with Crippen molar-refractivity contribution in [2.75, 3.05) is 0 Å². The number of nitrogens with one attached hydrogen (secondary N) is 1. The lowest BCUT2D eigenvalue weighted by Gasteiger charge is -2.15. The van der Waals surface area contributed by atoms with Gasteiger partial charge in [0.05, 0.1) is 4.32 Å². The van der Waals surface area contributed by atoms with Crippen LogP contribution < -0.4 is 5.32 Å². The topological polar surface area (TPSA) is 29.1 Å². The second-order valence-corrected chi connectivity index (χ2v) is 6.20. The van der Waals surface area contributed by atoms with Gasteiger partial charge in [0.1, 0.15) is 0 Å². The Morgan fingerprint density at radius 2 is 2.20 bits per heavy atom. The molecule has 0 aromatic heterocycles. The molecule has 0 bridgehead atoms. The largest absolute Gasteiger partial charge is 0.351 e. The van der Waals surface area contributed by atoms with E-state index in [-0.39, 0.29) is 5.91 Å². The molecule has 15 heavy (non-hydrogen) atoms. The first-order valence-electron chi connectivity index (χ1n) is 4.61. The molecular formula is C11H13BrClNO. The molecule has 0 saturated heterocycles. The van der Waals surface area contributed by atoms with Gasteiger partial charge >= 0.3 is 0 Å². The Kier molecular flexibility index (Phi) is 4.17. The lowest BCUT2D eigenvalue weighted by atomic mass is 10.2. The lowest BCUT2D eigenvalue weighted by molar-refractivity contribution is -0.122. The van der Waals surface area contributed by atoms with E-state index in [2.05, 4.69) is 21.2 Å². The summed E-state index contributed by atoms with van der Waals surface area (Å²) < 4.78 is -0.536. The van der Waals surface area contributed by atoms with E-state index in [1.807, 2.05) is 18.2 Å². The molecule has 1 rings (SSSR count). The molecular weight excluding hydrogens is 277 g/mol. The molecule has 0 aliphatic rings. The van der Waals surface area contributed by atoms with Crippen LogP contribution in [0.1, 0.15) is 19.4 Å². The molecule has 0 aliphatic carbocycles. The van der Waals surface area contributed by atoms with Gasteiger partial charge in [0.2, 0.25) is 5.91 Å². The number of hydrogen-bond acceptors (Lipinski definition) is 1. The number of alkyl halides is 1. The first-order valence-corrected chi connectivity index (χ1v) is 5.78. The predicted octanol–water partition coefficient (Wildman–Crippen LogP) is 3.13. The minimum atomic E-state index is -0.536. The Balaban J connectivity index is 2.55. The number of amides is 1. The third-order valence-corrected chi connectivity index (χ3v) is 2.48. The summed E-state index contributed by atoms with van der Waals surface area (Å²) in [6.45, 7) is 4.11. The lowest BCUT2D eigenvalue weighted by Crippen LogP contribution is -2.36. The van der Waals surface area contributed by atoms with Gasteiger partial charge in [0.15, 0.2) is 0 Å². The van der Waals surface area contributed by atoms with Gasteiger partial charge < -0.3 is 5.32 Å². The van der Waals surface area contributed by atoms with Crippen LogP contribution in [0.2, 0.25) is 5.02 Å². The molecule has 4 heteroatoms. The Morgan fingerprint density at radius 3 is 2.73 bits per heavy atom. The van der Waals surface area contributed by atoms with E-state index >= 15 is 0 Å². The Bertz CT molecular complexity index is 360. The van der Waals surface area contributed by atoms with Crippen LogP contribution in [0.5, 0.6) is 0 Å². The number of benzene rings is 1. The normalized spacial score (nSPS) is 11.2. The van der Waals surface area contributed by atoms with E-state index in [1.165, 1.54) is 0 Å². The summed E-state index contributed by atoms with van der Waals surface area (Å²) in [6.07, 6.45) is 0. The molecule has 0 spiro atoms. The molecule has 1 amide bonds. The van der Waals surface area contributed by atoms with Crippen molar-refractivity contribution in [2.24, 2.45) is 0 Å². The summed E-state index contributed by atoms with van der Waals surface area (Å²) in [5, 5.41) is 3.50. The zero-order chi connectivity index (χ0) is 11.5. The van der Waals surface area contributed by atoms with Crippen LogP contribution in [0.3, 0.4) is 0 Å². The molecule has 0 radical (unpaired) electrons. The first kappa shape index (κ1) is 12.5. The van der Waals surface area contributed by atoms with Gasteiger partial charge in [-0.05, 0) is 31.5 Å². The summed E-state index contributed by atoms with van der Waals surface area (Å²) in [5.74, 6) is -0.0394. The van der Waals surface area contributed by atoms with Crippen LogP contribution in [0, 0.1) is 0 Å². The maximum absolute atomic E-state index is 11.5. The SMILES string of the molecule is CC(C)(Br)C(=O)NCc1cccc(Cl)c1. The molecule has 82 valence electrons. The second-order valence-electron chi connectivity index (χ2n) is 3.79. The van der Waals surface area contributed by atoms with Crippen molar-refractivity contribution in [3.63, 3.8) is 0 Å². The molecule has 2 nitrogen and oxygen atoms in total. The number of carbonyl (C=O) groups is 1. The van der Waals surface area contributed by atoms with Crippen LogP contribution in [-0.2, 0) is 11.3 Å². The van der Waals surface area contributed by atoms with E-state index < -0.39 is 4.32 Å². The van der Waals surface area contributed by atoms with E-state index in [0.29, 0.717) is 11.6 Å². The van der Waals surface area contributed by atoms with Crippen LogP contribution in [0.4, 0.5) is 0 Å². The van der Waals surface area contributed by atoms with Crippen molar-refractivity contribution in [1.29, 1.82) is 0 Å². The highest BCUT2D eigenvalue weighted by atomic mass is 79.9. The zero-order valence-corrected chi connectivity index (χ0v) is 11.0. The van der Waals surface area contributed by atoms with Crippen molar-refractivity contribution >= 4 is 33.4 Å². The summed E-state index contributed by atoms with van der Waals surface area (Å²) in [6, 6.07) is 7.43. The van der Waals surface area contributed by atoms with Gasteiger partial charge in [0, 0.05) is 11.6 Å². The van der Waals surface area contributed by atoms with Gasteiger partial charge in [-0.3, -0.25) is 4.79 Å². The second kappa shape index (κ2) is 4.99. The van der Waals surface area contributed by atoms with Crippen molar-refractivity contribution < 1.29 is 4.79 Å². The average molecular weight is 291 g/mol. The smallest absolute Gasteiger partial charge is 0.236 e. The molecule has 0 saturated carbocycles. The zero-order valence-electron chi connectivity index (χ0n) is 8.68. The number of carbonyl (C=O) groups excluding carboxylic acids is 1. The summed E-state index contributed by atoms with van der Waals surface area (Å²) in [7, 11) is 0. The minimum absolute atomic E-state index is 0.0394. The van der Waals surface area contributed by atoms with Crippen LogP contribution in [0.25, 0.3) is 0 Å².